The van der Waals surface area contributed by atoms with Crippen molar-refractivity contribution in [3.05, 3.63) is 24.4 Å². The van der Waals surface area contributed by atoms with Crippen LogP contribution in [0.25, 0.3) is 0 Å². The predicted octanol–water partition coefficient (Wildman–Crippen LogP) is -0.300. The van der Waals surface area contributed by atoms with Crippen LogP contribution < -0.4 is 0 Å². The van der Waals surface area contributed by atoms with Crippen LogP contribution in [-0.2, 0) is 19.2 Å². The normalized spacial score (nSPS) is 23.9. The lowest BCUT2D eigenvalue weighted by Gasteiger charge is -2.39. The van der Waals surface area contributed by atoms with Crippen LogP contribution in [0, 0.1) is 5.92 Å². The van der Waals surface area contributed by atoms with E-state index in [1.807, 2.05) is 0 Å². The molecule has 2 atom stereocenters. The summed E-state index contributed by atoms with van der Waals surface area (Å²) in [5, 5.41) is 27.4. The Balaban J connectivity index is 2.57. The Morgan fingerprint density at radius 3 is 2.41 bits per heavy atom. The van der Waals surface area contributed by atoms with Gasteiger partial charge in [-0.2, -0.15) is 4.99 Å². The van der Waals surface area contributed by atoms with Crippen molar-refractivity contribution in [2.75, 3.05) is 0 Å². The first-order valence-electron chi connectivity index (χ1n) is 6.22. The molecule has 9 nitrogen and oxygen atoms in total. The van der Waals surface area contributed by atoms with E-state index < -0.39 is 48.1 Å². The average molecular weight is 308 g/mol. The molecule has 0 aromatic carbocycles. The van der Waals surface area contributed by atoms with Crippen LogP contribution in [-0.4, -0.2) is 55.4 Å². The van der Waals surface area contributed by atoms with Crippen LogP contribution in [0.3, 0.4) is 0 Å². The van der Waals surface area contributed by atoms with E-state index in [-0.39, 0.29) is 5.84 Å². The molecule has 0 aromatic heterocycles. The van der Waals surface area contributed by atoms with E-state index in [1.54, 1.807) is 6.08 Å². The molecular weight excluding hydrogens is 296 g/mol. The van der Waals surface area contributed by atoms with Crippen molar-refractivity contribution in [3.63, 3.8) is 0 Å². The van der Waals surface area contributed by atoms with E-state index in [4.69, 9.17) is 10.2 Å². The van der Waals surface area contributed by atoms with E-state index in [9.17, 15) is 24.3 Å². The van der Waals surface area contributed by atoms with Crippen molar-refractivity contribution in [2.45, 2.75) is 18.4 Å². The highest BCUT2D eigenvalue weighted by Crippen LogP contribution is 2.39. The molecule has 0 aromatic rings. The lowest BCUT2D eigenvalue weighted by molar-refractivity contribution is -0.158. The molecule has 0 saturated carbocycles. The van der Waals surface area contributed by atoms with Crippen molar-refractivity contribution in [3.8, 4) is 0 Å². The summed E-state index contributed by atoms with van der Waals surface area (Å²) < 4.78 is 0. The number of rotatable bonds is 6. The molecular formula is C13H12N2O7. The van der Waals surface area contributed by atoms with Gasteiger partial charge in [0.1, 0.15) is 11.8 Å². The van der Waals surface area contributed by atoms with E-state index in [1.165, 1.54) is 18.4 Å². The molecule has 2 heterocycles. The maximum absolute atomic E-state index is 12.3. The minimum absolute atomic E-state index is 0.0883. The number of carbonyl (C=O) groups excluding carboxylic acids is 1. The Hall–Kier alpha value is -2.97. The van der Waals surface area contributed by atoms with Gasteiger partial charge in [0.05, 0.1) is 12.8 Å². The largest absolute Gasteiger partial charge is 0.481 e. The number of amidine groups is 1. The smallest absolute Gasteiger partial charge is 0.310 e. The number of hydrogen-bond acceptors (Lipinski definition) is 5. The first-order chi connectivity index (χ1) is 10.3. The van der Waals surface area contributed by atoms with Crippen molar-refractivity contribution in [1.82, 2.24) is 4.90 Å². The Kier molecular flexibility index (Phi) is 3.81. The third-order valence-corrected chi connectivity index (χ3v) is 3.53. The highest BCUT2D eigenvalue weighted by Gasteiger charge is 2.59. The van der Waals surface area contributed by atoms with E-state index in [0.717, 1.165) is 4.90 Å². The predicted molar refractivity (Wildman–Crippen MR) is 70.9 cm³/mol. The Morgan fingerprint density at radius 2 is 1.86 bits per heavy atom. The number of allylic oxidation sites excluding steroid dienone is 2. The minimum Gasteiger partial charge on any atom is -0.481 e. The molecule has 2 aliphatic heterocycles. The fourth-order valence-corrected chi connectivity index (χ4v) is 2.63. The monoisotopic (exact) mass is 308 g/mol. The van der Waals surface area contributed by atoms with E-state index in [0.29, 0.717) is 0 Å². The summed E-state index contributed by atoms with van der Waals surface area (Å²) in [6.45, 7) is 0. The summed E-state index contributed by atoms with van der Waals surface area (Å²) in [6.07, 6.45) is 4.00. The lowest BCUT2D eigenvalue weighted by atomic mass is 9.77. The zero-order valence-electron chi connectivity index (χ0n) is 11.2. The van der Waals surface area contributed by atoms with Gasteiger partial charge in [0.2, 0.25) is 0 Å². The number of carbonyl (C=O) groups is 4. The van der Waals surface area contributed by atoms with E-state index in [2.05, 4.69) is 4.99 Å². The van der Waals surface area contributed by atoms with Gasteiger partial charge in [-0.1, -0.05) is 6.08 Å². The van der Waals surface area contributed by atoms with Gasteiger partial charge in [-0.15, -0.1) is 0 Å². The van der Waals surface area contributed by atoms with Crippen LogP contribution in [0.4, 0.5) is 0 Å². The molecule has 0 spiro atoms. The summed E-state index contributed by atoms with van der Waals surface area (Å²) >= 11 is 0. The molecule has 2 aliphatic rings. The summed E-state index contributed by atoms with van der Waals surface area (Å²) in [7, 11) is 0. The van der Waals surface area contributed by atoms with Crippen LogP contribution in [0.1, 0.15) is 12.8 Å². The molecule has 0 fully saturated rings. The lowest BCUT2D eigenvalue weighted by Crippen LogP contribution is -2.58. The number of aliphatic imine (C=N–C) groups is 1. The molecule has 0 bridgehead atoms. The summed E-state index contributed by atoms with van der Waals surface area (Å²) in [4.78, 5) is 50.8. The van der Waals surface area contributed by atoms with Crippen molar-refractivity contribution in [1.29, 1.82) is 0 Å². The van der Waals surface area contributed by atoms with Crippen molar-refractivity contribution < 1.29 is 34.5 Å². The van der Waals surface area contributed by atoms with Crippen LogP contribution >= 0.6 is 0 Å². The Bertz CT molecular complexity index is 649. The van der Waals surface area contributed by atoms with Gasteiger partial charge >= 0.3 is 17.9 Å². The van der Waals surface area contributed by atoms with Gasteiger partial charge in [0.25, 0.3) is 5.91 Å². The summed E-state index contributed by atoms with van der Waals surface area (Å²) in [5.74, 6) is -7.10. The Labute approximate surface area is 123 Å². The van der Waals surface area contributed by atoms with Crippen LogP contribution in [0.2, 0.25) is 0 Å². The van der Waals surface area contributed by atoms with Gasteiger partial charge < -0.3 is 20.2 Å². The number of aliphatic carboxylic acids is 3. The number of carboxylic acid groups (broad SMARTS) is 3. The standard InChI is InChI=1S/C13H12N2O7/c16-9(17)5-7(11(20)21)13(6-10(18)19)12(22)14-8-3-1-2-4-15(8)13/h1-4,7H,5-6H2,(H,16,17)(H,18,19)(H,20,21)/t7-,13+/m0/s1. The van der Waals surface area contributed by atoms with Crippen LogP contribution in [0.5, 0.6) is 0 Å². The number of fused-ring (bicyclic) bond motifs is 1. The maximum Gasteiger partial charge on any atom is 0.310 e. The van der Waals surface area contributed by atoms with Crippen molar-refractivity contribution in [2.24, 2.45) is 10.9 Å². The molecule has 0 saturated heterocycles. The zero-order valence-corrected chi connectivity index (χ0v) is 11.2. The molecule has 0 aliphatic carbocycles. The quantitative estimate of drug-likeness (QED) is 0.606. The SMILES string of the molecule is O=C(O)C[C@@H](C(=O)O)[C@]1(CC(=O)O)C(=O)N=C2C=CC=CN21. The molecule has 3 N–H and O–H groups in total. The molecule has 22 heavy (non-hydrogen) atoms. The maximum atomic E-state index is 12.3. The van der Waals surface area contributed by atoms with E-state index >= 15 is 0 Å². The van der Waals surface area contributed by atoms with Gasteiger partial charge in [0.15, 0.2) is 5.54 Å². The number of carboxylic acids is 3. The number of hydrogen-bond donors (Lipinski definition) is 3. The molecule has 1 amide bonds. The Morgan fingerprint density at radius 1 is 1.18 bits per heavy atom. The molecule has 116 valence electrons. The topological polar surface area (TPSA) is 145 Å². The molecule has 0 unspecified atom stereocenters. The second-order valence-corrected chi connectivity index (χ2v) is 4.83. The number of amides is 1. The number of nitrogens with zero attached hydrogens (tertiary/aromatic N) is 2. The van der Waals surface area contributed by atoms with Crippen molar-refractivity contribution >= 4 is 29.7 Å². The fourth-order valence-electron chi connectivity index (χ4n) is 2.63. The third-order valence-electron chi connectivity index (χ3n) is 3.53. The molecule has 2 rings (SSSR count). The van der Waals surface area contributed by atoms with Crippen LogP contribution in [0.15, 0.2) is 29.4 Å². The summed E-state index contributed by atoms with van der Waals surface area (Å²) in [5.41, 5.74) is -2.09. The van der Waals surface area contributed by atoms with Gasteiger partial charge in [0, 0.05) is 6.20 Å². The minimum atomic E-state index is -2.09. The highest BCUT2D eigenvalue weighted by atomic mass is 16.4. The fraction of sp³-hybridized carbons (Fsp3) is 0.308. The molecule has 0 radical (unpaired) electrons. The van der Waals surface area contributed by atoms with Gasteiger partial charge in [-0.25, -0.2) is 0 Å². The van der Waals surface area contributed by atoms with Gasteiger partial charge in [-0.3, -0.25) is 19.2 Å². The highest BCUT2D eigenvalue weighted by molar-refractivity contribution is 6.14. The average Bonchev–Trinajstić information content (AvgIpc) is 2.68. The van der Waals surface area contributed by atoms with Gasteiger partial charge in [-0.05, 0) is 12.2 Å². The second kappa shape index (κ2) is 5.43. The first-order valence-corrected chi connectivity index (χ1v) is 6.22. The zero-order chi connectivity index (χ0) is 16.5. The molecule has 9 heteroatoms. The third kappa shape index (κ3) is 2.36. The first kappa shape index (κ1) is 15.4. The summed E-state index contributed by atoms with van der Waals surface area (Å²) in [6, 6.07) is 0. The second-order valence-electron chi connectivity index (χ2n) is 4.83.